The minimum atomic E-state index is -0.0671. The fourth-order valence-corrected chi connectivity index (χ4v) is 3.56. The summed E-state index contributed by atoms with van der Waals surface area (Å²) >= 11 is 1.62. The Bertz CT molecular complexity index is 827. The van der Waals surface area contributed by atoms with Crippen LogP contribution in [-0.4, -0.2) is 28.9 Å². The van der Waals surface area contributed by atoms with Crippen molar-refractivity contribution in [2.24, 2.45) is 0 Å². The average molecular weight is 370 g/mol. The van der Waals surface area contributed by atoms with Crippen LogP contribution in [0.25, 0.3) is 0 Å². The number of benzene rings is 2. The van der Waals surface area contributed by atoms with E-state index in [2.05, 4.69) is 21.7 Å². The van der Waals surface area contributed by atoms with Gasteiger partial charge in [-0.3, -0.25) is 0 Å². The van der Waals surface area contributed by atoms with E-state index in [4.69, 9.17) is 9.47 Å². The van der Waals surface area contributed by atoms with E-state index in [1.54, 1.807) is 26.0 Å². The number of aliphatic hydroxyl groups is 1. The summed E-state index contributed by atoms with van der Waals surface area (Å²) in [5.41, 5.74) is 2.96. The highest BCUT2D eigenvalue weighted by Crippen LogP contribution is 2.28. The Morgan fingerprint density at radius 2 is 1.69 bits per heavy atom. The molecule has 0 bridgehead atoms. The normalized spacial score (nSPS) is 10.7. The molecule has 1 N–H and O–H groups in total. The van der Waals surface area contributed by atoms with Gasteiger partial charge in [-0.05, 0) is 23.3 Å². The first kappa shape index (κ1) is 18.4. The molecule has 3 aromatic rings. The van der Waals surface area contributed by atoms with Gasteiger partial charge in [0.05, 0.1) is 26.5 Å². The van der Waals surface area contributed by atoms with Gasteiger partial charge in [0.25, 0.3) is 0 Å². The number of hydrogen-bond donors (Lipinski definition) is 1. The van der Waals surface area contributed by atoms with Crippen LogP contribution in [0.4, 0.5) is 0 Å². The topological polar surface area (TPSA) is 56.5 Å². The Balaban J connectivity index is 1.78. The van der Waals surface area contributed by atoms with Crippen molar-refractivity contribution in [2.45, 2.75) is 24.1 Å². The highest BCUT2D eigenvalue weighted by Gasteiger charge is 2.10. The van der Waals surface area contributed by atoms with Gasteiger partial charge in [0, 0.05) is 24.6 Å². The Kier molecular flexibility index (Phi) is 6.20. The van der Waals surface area contributed by atoms with Crippen LogP contribution in [0.5, 0.6) is 11.5 Å². The van der Waals surface area contributed by atoms with Gasteiger partial charge in [-0.2, -0.15) is 0 Å². The van der Waals surface area contributed by atoms with E-state index < -0.39 is 0 Å². The number of rotatable bonds is 8. The largest absolute Gasteiger partial charge is 0.497 e. The van der Waals surface area contributed by atoms with Crippen LogP contribution in [0.2, 0.25) is 0 Å². The summed E-state index contributed by atoms with van der Waals surface area (Å²) < 4.78 is 12.7. The van der Waals surface area contributed by atoms with E-state index in [1.807, 2.05) is 42.6 Å². The maximum Gasteiger partial charge on any atom is 0.168 e. The van der Waals surface area contributed by atoms with Crippen LogP contribution in [-0.2, 0) is 18.9 Å². The summed E-state index contributed by atoms with van der Waals surface area (Å²) in [5.74, 6) is 2.26. The second kappa shape index (κ2) is 8.78. The number of thioether (sulfide) groups is 1. The van der Waals surface area contributed by atoms with Crippen molar-refractivity contribution in [1.82, 2.24) is 9.55 Å². The second-order valence-corrected chi connectivity index (χ2v) is 6.74. The maximum absolute atomic E-state index is 9.45. The van der Waals surface area contributed by atoms with Crippen LogP contribution in [0.3, 0.4) is 0 Å². The Labute approximate surface area is 157 Å². The standard InChI is InChI=1S/C20H22N2O3S/c1-24-18-8-16(9-19(10-18)25-2)14-26-20-21-17(13-23)12-22(20)11-15-6-4-3-5-7-15/h3-10,12,23H,11,13-14H2,1-2H3. The van der Waals surface area contributed by atoms with E-state index in [1.165, 1.54) is 5.56 Å². The van der Waals surface area contributed by atoms with Crippen molar-refractivity contribution in [2.75, 3.05) is 14.2 Å². The van der Waals surface area contributed by atoms with E-state index >= 15 is 0 Å². The fourth-order valence-electron chi connectivity index (χ4n) is 2.63. The first-order chi connectivity index (χ1) is 12.7. The van der Waals surface area contributed by atoms with E-state index in [9.17, 15) is 5.11 Å². The van der Waals surface area contributed by atoms with E-state index in [-0.39, 0.29) is 6.61 Å². The third-order valence-corrected chi connectivity index (χ3v) is 4.99. The third kappa shape index (κ3) is 4.59. The molecule has 0 aliphatic carbocycles. The minimum Gasteiger partial charge on any atom is -0.497 e. The lowest BCUT2D eigenvalue weighted by atomic mass is 10.2. The molecule has 5 nitrogen and oxygen atoms in total. The Morgan fingerprint density at radius 1 is 1.00 bits per heavy atom. The molecular weight excluding hydrogens is 348 g/mol. The predicted octanol–water partition coefficient (Wildman–Crippen LogP) is 3.73. The molecule has 0 spiro atoms. The van der Waals surface area contributed by atoms with Gasteiger partial charge in [-0.1, -0.05) is 42.1 Å². The first-order valence-corrected chi connectivity index (χ1v) is 9.26. The number of aliphatic hydroxyl groups excluding tert-OH is 1. The van der Waals surface area contributed by atoms with Gasteiger partial charge in [0.2, 0.25) is 0 Å². The molecule has 2 aromatic carbocycles. The maximum atomic E-state index is 9.45. The lowest BCUT2D eigenvalue weighted by Gasteiger charge is -2.10. The summed E-state index contributed by atoms with van der Waals surface area (Å²) in [6.07, 6.45) is 1.90. The summed E-state index contributed by atoms with van der Waals surface area (Å²) in [4.78, 5) is 4.54. The molecule has 0 aliphatic heterocycles. The smallest absolute Gasteiger partial charge is 0.168 e. The molecule has 3 rings (SSSR count). The van der Waals surface area contributed by atoms with Crippen LogP contribution in [0.15, 0.2) is 59.9 Å². The van der Waals surface area contributed by atoms with Crippen molar-refractivity contribution < 1.29 is 14.6 Å². The summed E-state index contributed by atoms with van der Waals surface area (Å²) in [5, 5.41) is 10.3. The number of methoxy groups -OCH3 is 2. The molecule has 0 fully saturated rings. The van der Waals surface area contributed by atoms with Gasteiger partial charge in [0.15, 0.2) is 5.16 Å². The molecule has 136 valence electrons. The fraction of sp³-hybridized carbons (Fsp3) is 0.250. The molecule has 0 atom stereocenters. The van der Waals surface area contributed by atoms with Crippen LogP contribution in [0, 0.1) is 0 Å². The molecule has 1 heterocycles. The molecule has 0 radical (unpaired) electrons. The zero-order valence-corrected chi connectivity index (χ0v) is 15.7. The monoisotopic (exact) mass is 370 g/mol. The van der Waals surface area contributed by atoms with Crippen LogP contribution in [0.1, 0.15) is 16.8 Å². The number of nitrogens with zero attached hydrogens (tertiary/aromatic N) is 2. The average Bonchev–Trinajstić information content (AvgIpc) is 3.08. The highest BCUT2D eigenvalue weighted by atomic mass is 32.2. The zero-order valence-electron chi connectivity index (χ0n) is 14.9. The molecule has 0 saturated carbocycles. The van der Waals surface area contributed by atoms with E-state index in [0.29, 0.717) is 5.69 Å². The summed E-state index contributed by atoms with van der Waals surface area (Å²) in [6, 6.07) is 16.1. The quantitative estimate of drug-likeness (QED) is 0.612. The van der Waals surface area contributed by atoms with Crippen LogP contribution >= 0.6 is 11.8 Å². The molecule has 1 aromatic heterocycles. The number of imidazole rings is 1. The van der Waals surface area contributed by atoms with Crippen LogP contribution < -0.4 is 9.47 Å². The van der Waals surface area contributed by atoms with Gasteiger partial charge in [-0.25, -0.2) is 4.98 Å². The summed E-state index contributed by atoms with van der Waals surface area (Å²) in [6.45, 7) is 0.653. The molecule has 26 heavy (non-hydrogen) atoms. The molecule has 0 unspecified atom stereocenters. The Morgan fingerprint density at radius 3 is 2.31 bits per heavy atom. The predicted molar refractivity (Wildman–Crippen MR) is 103 cm³/mol. The number of aromatic nitrogens is 2. The minimum absolute atomic E-state index is 0.0671. The van der Waals surface area contributed by atoms with Crippen molar-refractivity contribution in [1.29, 1.82) is 0 Å². The van der Waals surface area contributed by atoms with Crippen molar-refractivity contribution >= 4 is 11.8 Å². The Hall–Kier alpha value is -2.44. The zero-order chi connectivity index (χ0) is 18.4. The SMILES string of the molecule is COc1cc(CSc2nc(CO)cn2Cc2ccccc2)cc(OC)c1. The third-order valence-electron chi connectivity index (χ3n) is 3.93. The molecule has 6 heteroatoms. The second-order valence-electron chi connectivity index (χ2n) is 5.80. The first-order valence-electron chi connectivity index (χ1n) is 8.27. The number of hydrogen-bond acceptors (Lipinski definition) is 5. The number of ether oxygens (including phenoxy) is 2. The molecule has 0 aliphatic rings. The van der Waals surface area contributed by atoms with E-state index in [0.717, 1.165) is 34.5 Å². The molecule has 0 amide bonds. The van der Waals surface area contributed by atoms with Crippen molar-refractivity contribution in [3.05, 3.63) is 71.5 Å². The van der Waals surface area contributed by atoms with Crippen molar-refractivity contribution in [3.63, 3.8) is 0 Å². The molecular formula is C20H22N2O3S. The van der Waals surface area contributed by atoms with Gasteiger partial charge in [-0.15, -0.1) is 0 Å². The highest BCUT2D eigenvalue weighted by molar-refractivity contribution is 7.98. The van der Waals surface area contributed by atoms with Gasteiger partial charge in [0.1, 0.15) is 11.5 Å². The van der Waals surface area contributed by atoms with Gasteiger partial charge >= 0.3 is 0 Å². The van der Waals surface area contributed by atoms with Gasteiger partial charge < -0.3 is 19.1 Å². The molecule has 0 saturated heterocycles. The summed E-state index contributed by atoms with van der Waals surface area (Å²) in [7, 11) is 3.29. The lowest BCUT2D eigenvalue weighted by molar-refractivity contribution is 0.277. The lowest BCUT2D eigenvalue weighted by Crippen LogP contribution is -2.00. The van der Waals surface area contributed by atoms with Crippen molar-refractivity contribution in [3.8, 4) is 11.5 Å².